The summed E-state index contributed by atoms with van der Waals surface area (Å²) in [4.78, 5) is 8.70. The van der Waals surface area contributed by atoms with Crippen molar-refractivity contribution in [3.63, 3.8) is 0 Å². The molecule has 1 aromatic heterocycles. The predicted molar refractivity (Wildman–Crippen MR) is 87.3 cm³/mol. The van der Waals surface area contributed by atoms with Gasteiger partial charge in [0.25, 0.3) is 0 Å². The SMILES string of the molecule is Fc1ccccc1N1CCN(c2nncc(NC3CC3)n2)CC1. The van der Waals surface area contributed by atoms with Crippen molar-refractivity contribution in [1.82, 2.24) is 15.2 Å². The molecule has 1 aliphatic carbocycles. The van der Waals surface area contributed by atoms with Gasteiger partial charge in [0.15, 0.2) is 5.82 Å². The minimum Gasteiger partial charge on any atom is -0.366 e. The number of aromatic nitrogens is 3. The molecule has 7 heteroatoms. The number of nitrogens with one attached hydrogen (secondary N) is 1. The highest BCUT2D eigenvalue weighted by Crippen LogP contribution is 2.24. The van der Waals surface area contributed by atoms with Crippen molar-refractivity contribution in [1.29, 1.82) is 0 Å². The van der Waals surface area contributed by atoms with Gasteiger partial charge in [0.2, 0.25) is 5.95 Å². The van der Waals surface area contributed by atoms with Crippen LogP contribution in [-0.2, 0) is 0 Å². The molecule has 0 spiro atoms. The quantitative estimate of drug-likeness (QED) is 0.930. The Morgan fingerprint density at radius 3 is 2.52 bits per heavy atom. The van der Waals surface area contributed by atoms with E-state index in [2.05, 4.69) is 30.3 Å². The fourth-order valence-corrected chi connectivity index (χ4v) is 2.79. The Labute approximate surface area is 134 Å². The lowest BCUT2D eigenvalue weighted by Crippen LogP contribution is -2.47. The minimum absolute atomic E-state index is 0.172. The van der Waals surface area contributed by atoms with E-state index in [9.17, 15) is 4.39 Å². The second kappa shape index (κ2) is 5.98. The summed E-state index contributed by atoms with van der Waals surface area (Å²) in [5, 5.41) is 11.5. The fourth-order valence-electron chi connectivity index (χ4n) is 2.79. The van der Waals surface area contributed by atoms with Crippen LogP contribution >= 0.6 is 0 Å². The van der Waals surface area contributed by atoms with Gasteiger partial charge in [0.1, 0.15) is 5.82 Å². The van der Waals surface area contributed by atoms with E-state index >= 15 is 0 Å². The molecule has 0 atom stereocenters. The predicted octanol–water partition coefficient (Wildman–Crippen LogP) is 1.91. The molecule has 0 unspecified atom stereocenters. The first-order valence-electron chi connectivity index (χ1n) is 8.00. The number of piperazine rings is 1. The summed E-state index contributed by atoms with van der Waals surface area (Å²) in [5.74, 6) is 1.26. The van der Waals surface area contributed by atoms with Gasteiger partial charge in [-0.05, 0) is 25.0 Å². The molecule has 2 fully saturated rings. The van der Waals surface area contributed by atoms with Crippen molar-refractivity contribution < 1.29 is 4.39 Å². The van der Waals surface area contributed by atoms with Gasteiger partial charge in [-0.2, -0.15) is 10.1 Å². The standard InChI is InChI=1S/C16H19FN6/c17-13-3-1-2-4-14(13)22-7-9-23(10-8-22)16-20-15(11-18-21-16)19-12-5-6-12/h1-4,11-12H,5-10H2,(H,19,20,21). The lowest BCUT2D eigenvalue weighted by molar-refractivity contribution is 0.592. The molecule has 1 aromatic carbocycles. The topological polar surface area (TPSA) is 57.2 Å². The Bertz CT molecular complexity index is 682. The van der Waals surface area contributed by atoms with Crippen LogP contribution in [0.25, 0.3) is 0 Å². The van der Waals surface area contributed by atoms with Crippen LogP contribution in [0.5, 0.6) is 0 Å². The molecule has 2 heterocycles. The van der Waals surface area contributed by atoms with Crippen molar-refractivity contribution in [3.05, 3.63) is 36.3 Å². The van der Waals surface area contributed by atoms with Gasteiger partial charge in [0.05, 0.1) is 11.9 Å². The van der Waals surface area contributed by atoms with E-state index in [1.807, 2.05) is 12.1 Å². The van der Waals surface area contributed by atoms with Crippen LogP contribution in [0.3, 0.4) is 0 Å². The second-order valence-corrected chi connectivity index (χ2v) is 5.99. The molecule has 0 bridgehead atoms. The maximum Gasteiger partial charge on any atom is 0.247 e. The number of rotatable bonds is 4. The molecule has 1 aliphatic heterocycles. The zero-order chi connectivity index (χ0) is 15.6. The highest BCUT2D eigenvalue weighted by molar-refractivity contribution is 5.50. The van der Waals surface area contributed by atoms with Gasteiger partial charge in [-0.25, -0.2) is 4.39 Å². The highest BCUT2D eigenvalue weighted by Gasteiger charge is 2.24. The molecule has 2 aromatic rings. The van der Waals surface area contributed by atoms with Crippen molar-refractivity contribution in [3.8, 4) is 0 Å². The molecule has 1 saturated heterocycles. The second-order valence-electron chi connectivity index (χ2n) is 5.99. The number of halogens is 1. The van der Waals surface area contributed by atoms with E-state index in [4.69, 9.17) is 0 Å². The zero-order valence-corrected chi connectivity index (χ0v) is 12.8. The van der Waals surface area contributed by atoms with Gasteiger partial charge >= 0.3 is 0 Å². The lowest BCUT2D eigenvalue weighted by atomic mass is 10.2. The Kier molecular flexibility index (Phi) is 3.69. The Morgan fingerprint density at radius 2 is 1.78 bits per heavy atom. The van der Waals surface area contributed by atoms with E-state index in [0.717, 1.165) is 32.0 Å². The van der Waals surface area contributed by atoms with Gasteiger partial charge in [0, 0.05) is 32.2 Å². The summed E-state index contributed by atoms with van der Waals surface area (Å²) in [6.45, 7) is 2.99. The van der Waals surface area contributed by atoms with Gasteiger partial charge < -0.3 is 15.1 Å². The van der Waals surface area contributed by atoms with Crippen molar-refractivity contribution in [2.75, 3.05) is 41.3 Å². The van der Waals surface area contributed by atoms with Crippen LogP contribution in [0.15, 0.2) is 30.5 Å². The zero-order valence-electron chi connectivity index (χ0n) is 12.8. The molecule has 0 amide bonds. The number of para-hydroxylation sites is 1. The average molecular weight is 314 g/mol. The first kappa shape index (κ1) is 14.2. The third-order valence-electron chi connectivity index (χ3n) is 4.23. The number of hydrogen-bond donors (Lipinski definition) is 1. The third kappa shape index (κ3) is 3.18. The fraction of sp³-hybridized carbons (Fsp3) is 0.438. The molecule has 1 saturated carbocycles. The molecule has 1 N–H and O–H groups in total. The summed E-state index contributed by atoms with van der Waals surface area (Å²) in [6.07, 6.45) is 4.05. The van der Waals surface area contributed by atoms with E-state index < -0.39 is 0 Å². The smallest absolute Gasteiger partial charge is 0.247 e. The Morgan fingerprint density at radius 1 is 1.04 bits per heavy atom. The summed E-state index contributed by atoms with van der Waals surface area (Å²) >= 11 is 0. The van der Waals surface area contributed by atoms with Crippen LogP contribution in [0.4, 0.5) is 21.8 Å². The van der Waals surface area contributed by atoms with E-state index in [-0.39, 0.29) is 5.82 Å². The maximum atomic E-state index is 13.9. The monoisotopic (exact) mass is 314 g/mol. The van der Waals surface area contributed by atoms with Crippen LogP contribution < -0.4 is 15.1 Å². The third-order valence-corrected chi connectivity index (χ3v) is 4.23. The number of nitrogens with zero attached hydrogens (tertiary/aromatic N) is 5. The van der Waals surface area contributed by atoms with Crippen LogP contribution in [0, 0.1) is 5.82 Å². The van der Waals surface area contributed by atoms with Crippen molar-refractivity contribution in [2.24, 2.45) is 0 Å². The normalized spacial score (nSPS) is 18.1. The minimum atomic E-state index is -0.172. The highest BCUT2D eigenvalue weighted by atomic mass is 19.1. The van der Waals surface area contributed by atoms with Gasteiger partial charge in [-0.1, -0.05) is 12.1 Å². The van der Waals surface area contributed by atoms with Gasteiger partial charge in [-0.3, -0.25) is 0 Å². The summed E-state index contributed by atoms with van der Waals surface area (Å²) in [7, 11) is 0. The van der Waals surface area contributed by atoms with E-state index in [1.54, 1.807) is 12.3 Å². The van der Waals surface area contributed by atoms with Crippen LogP contribution in [-0.4, -0.2) is 47.4 Å². The van der Waals surface area contributed by atoms with Crippen molar-refractivity contribution in [2.45, 2.75) is 18.9 Å². The van der Waals surface area contributed by atoms with Crippen LogP contribution in [0.1, 0.15) is 12.8 Å². The number of benzene rings is 1. The first-order chi connectivity index (χ1) is 11.3. The molecule has 23 heavy (non-hydrogen) atoms. The van der Waals surface area contributed by atoms with E-state index in [0.29, 0.717) is 17.7 Å². The Hall–Kier alpha value is -2.44. The molecule has 4 rings (SSSR count). The van der Waals surface area contributed by atoms with Gasteiger partial charge in [-0.15, -0.1) is 5.10 Å². The van der Waals surface area contributed by atoms with E-state index in [1.165, 1.54) is 18.9 Å². The molecule has 2 aliphatic rings. The lowest BCUT2D eigenvalue weighted by Gasteiger charge is -2.36. The average Bonchev–Trinajstić information content (AvgIpc) is 3.40. The summed E-state index contributed by atoms with van der Waals surface area (Å²) < 4.78 is 13.9. The first-order valence-corrected chi connectivity index (χ1v) is 8.00. The van der Waals surface area contributed by atoms with Crippen molar-refractivity contribution >= 4 is 17.5 Å². The molecule has 120 valence electrons. The van der Waals surface area contributed by atoms with Crippen LogP contribution in [0.2, 0.25) is 0 Å². The maximum absolute atomic E-state index is 13.9. The summed E-state index contributed by atoms with van der Waals surface area (Å²) in [5.41, 5.74) is 0.662. The molecular formula is C16H19FN6. The largest absolute Gasteiger partial charge is 0.366 e. The molecule has 6 nitrogen and oxygen atoms in total. The molecule has 0 radical (unpaired) electrons. The number of hydrogen-bond acceptors (Lipinski definition) is 6. The Balaban J connectivity index is 1.42. The number of anilines is 3. The molecular weight excluding hydrogens is 295 g/mol. The summed E-state index contributed by atoms with van der Waals surface area (Å²) in [6, 6.07) is 7.44.